The number of ether oxygens (including phenoxy) is 2. The van der Waals surface area contributed by atoms with E-state index in [4.69, 9.17) is 9.47 Å². The van der Waals surface area contributed by atoms with Crippen LogP contribution in [-0.2, 0) is 6.42 Å². The van der Waals surface area contributed by atoms with Gasteiger partial charge in [-0.3, -0.25) is 4.79 Å². The number of thiophene rings is 1. The molecule has 0 aliphatic carbocycles. The molecule has 1 amide bonds. The molecule has 1 N–H and O–H groups in total. The Morgan fingerprint density at radius 3 is 3.00 bits per heavy atom. The van der Waals surface area contributed by atoms with Crippen molar-refractivity contribution < 1.29 is 14.3 Å². The van der Waals surface area contributed by atoms with Gasteiger partial charge in [0.2, 0.25) is 0 Å². The Bertz CT molecular complexity index is 708. The van der Waals surface area contributed by atoms with Crippen molar-refractivity contribution in [3.05, 3.63) is 39.6 Å². The van der Waals surface area contributed by atoms with Gasteiger partial charge < -0.3 is 14.8 Å². The molecule has 1 aromatic heterocycles. The topological polar surface area (TPSA) is 47.6 Å². The predicted octanol–water partition coefficient (Wildman–Crippen LogP) is 4.03. The van der Waals surface area contributed by atoms with Gasteiger partial charge in [-0.2, -0.15) is 0 Å². The van der Waals surface area contributed by atoms with Crippen molar-refractivity contribution >= 4 is 22.9 Å². The Kier molecular flexibility index (Phi) is 4.07. The summed E-state index contributed by atoms with van der Waals surface area (Å²) in [5.74, 6) is 1.41. The first-order valence-corrected chi connectivity index (χ1v) is 8.28. The van der Waals surface area contributed by atoms with Crippen molar-refractivity contribution in [2.75, 3.05) is 11.9 Å². The summed E-state index contributed by atoms with van der Waals surface area (Å²) in [6, 6.07) is 5.78. The molecule has 1 aliphatic heterocycles. The van der Waals surface area contributed by atoms with Crippen molar-refractivity contribution in [3.63, 3.8) is 0 Å². The molecule has 2 heterocycles. The Labute approximate surface area is 134 Å². The third-order valence-electron chi connectivity index (χ3n) is 3.61. The smallest absolute Gasteiger partial charge is 0.266 e. The number of benzene rings is 1. The van der Waals surface area contributed by atoms with Crippen LogP contribution in [0.2, 0.25) is 0 Å². The third kappa shape index (κ3) is 2.81. The Morgan fingerprint density at radius 1 is 1.50 bits per heavy atom. The highest BCUT2D eigenvalue weighted by molar-refractivity contribution is 7.12. The Hall–Kier alpha value is -2.01. The van der Waals surface area contributed by atoms with Gasteiger partial charge in [0, 0.05) is 18.1 Å². The molecule has 5 heteroatoms. The van der Waals surface area contributed by atoms with E-state index in [1.54, 1.807) is 0 Å². The summed E-state index contributed by atoms with van der Waals surface area (Å²) in [6.45, 7) is 6.45. The Morgan fingerprint density at radius 2 is 2.32 bits per heavy atom. The first kappa shape index (κ1) is 14.9. The first-order valence-electron chi connectivity index (χ1n) is 7.40. The van der Waals surface area contributed by atoms with Crippen molar-refractivity contribution in [2.24, 2.45) is 0 Å². The average molecular weight is 317 g/mol. The highest BCUT2D eigenvalue weighted by atomic mass is 32.1. The number of anilines is 1. The van der Waals surface area contributed by atoms with Gasteiger partial charge in [0.15, 0.2) is 0 Å². The summed E-state index contributed by atoms with van der Waals surface area (Å²) >= 11 is 1.44. The van der Waals surface area contributed by atoms with E-state index >= 15 is 0 Å². The van der Waals surface area contributed by atoms with E-state index in [1.807, 2.05) is 44.4 Å². The molecule has 1 aliphatic rings. The molecule has 1 atom stereocenters. The molecular weight excluding hydrogens is 298 g/mol. The zero-order chi connectivity index (χ0) is 15.7. The number of hydrogen-bond donors (Lipinski definition) is 1. The zero-order valence-electron chi connectivity index (χ0n) is 12.9. The van der Waals surface area contributed by atoms with Crippen LogP contribution in [0.25, 0.3) is 0 Å². The average Bonchev–Trinajstić information content (AvgIpc) is 3.04. The SMILES string of the molecule is CCOc1cc2c(cc1NC(=O)c1sccc1C)O[C@@H](C)C2. The van der Waals surface area contributed by atoms with Gasteiger partial charge in [0.1, 0.15) is 17.6 Å². The lowest BCUT2D eigenvalue weighted by Crippen LogP contribution is -2.12. The number of carbonyl (C=O) groups excluding carboxylic acids is 1. The quantitative estimate of drug-likeness (QED) is 0.926. The van der Waals surface area contributed by atoms with Crippen LogP contribution in [0.3, 0.4) is 0 Å². The fraction of sp³-hybridized carbons (Fsp3) is 0.353. The summed E-state index contributed by atoms with van der Waals surface area (Å²) in [5.41, 5.74) is 2.76. The highest BCUT2D eigenvalue weighted by Crippen LogP contribution is 2.38. The minimum absolute atomic E-state index is 0.112. The van der Waals surface area contributed by atoms with Crippen LogP contribution in [-0.4, -0.2) is 18.6 Å². The zero-order valence-corrected chi connectivity index (χ0v) is 13.8. The van der Waals surface area contributed by atoms with E-state index in [2.05, 4.69) is 5.32 Å². The van der Waals surface area contributed by atoms with E-state index in [0.29, 0.717) is 18.0 Å². The molecule has 0 spiro atoms. The molecule has 22 heavy (non-hydrogen) atoms. The molecule has 0 bridgehead atoms. The summed E-state index contributed by atoms with van der Waals surface area (Å²) in [4.78, 5) is 13.1. The van der Waals surface area contributed by atoms with Crippen molar-refractivity contribution in [3.8, 4) is 11.5 Å². The van der Waals surface area contributed by atoms with E-state index < -0.39 is 0 Å². The lowest BCUT2D eigenvalue weighted by Gasteiger charge is -2.13. The van der Waals surface area contributed by atoms with Crippen LogP contribution in [0.15, 0.2) is 23.6 Å². The molecule has 2 aromatic rings. The second kappa shape index (κ2) is 6.01. The number of fused-ring (bicyclic) bond motifs is 1. The molecule has 4 nitrogen and oxygen atoms in total. The van der Waals surface area contributed by atoms with Crippen LogP contribution >= 0.6 is 11.3 Å². The molecule has 116 valence electrons. The maximum Gasteiger partial charge on any atom is 0.266 e. The van der Waals surface area contributed by atoms with E-state index in [9.17, 15) is 4.79 Å². The van der Waals surface area contributed by atoms with Gasteiger partial charge in [0.25, 0.3) is 5.91 Å². The molecule has 0 fully saturated rings. The van der Waals surface area contributed by atoms with E-state index in [1.165, 1.54) is 11.3 Å². The standard InChI is InChI=1S/C17H19NO3S/c1-4-20-15-8-12-7-11(3)21-14(12)9-13(15)18-17(19)16-10(2)5-6-22-16/h5-6,8-9,11H,4,7H2,1-3H3,(H,18,19)/t11-/m0/s1. The van der Waals surface area contributed by atoms with Gasteiger partial charge in [-0.15, -0.1) is 11.3 Å². The number of rotatable bonds is 4. The number of amides is 1. The fourth-order valence-corrected chi connectivity index (χ4v) is 3.42. The normalized spacial score (nSPS) is 16.0. The molecular formula is C17H19NO3S. The first-order chi connectivity index (χ1) is 10.6. The van der Waals surface area contributed by atoms with Crippen molar-refractivity contribution in [2.45, 2.75) is 33.3 Å². The monoisotopic (exact) mass is 317 g/mol. The maximum absolute atomic E-state index is 12.4. The fourth-order valence-electron chi connectivity index (χ4n) is 2.60. The van der Waals surface area contributed by atoms with Crippen LogP contribution < -0.4 is 14.8 Å². The van der Waals surface area contributed by atoms with Gasteiger partial charge >= 0.3 is 0 Å². The summed E-state index contributed by atoms with van der Waals surface area (Å²) in [7, 11) is 0. The van der Waals surface area contributed by atoms with Crippen molar-refractivity contribution in [1.82, 2.24) is 0 Å². The predicted molar refractivity (Wildman–Crippen MR) is 88.4 cm³/mol. The number of nitrogens with one attached hydrogen (secondary N) is 1. The largest absolute Gasteiger partial charge is 0.492 e. The minimum atomic E-state index is -0.112. The van der Waals surface area contributed by atoms with Gasteiger partial charge in [-0.1, -0.05) is 0 Å². The number of hydrogen-bond acceptors (Lipinski definition) is 4. The third-order valence-corrected chi connectivity index (χ3v) is 4.63. The lowest BCUT2D eigenvalue weighted by atomic mass is 10.1. The Balaban J connectivity index is 1.91. The molecule has 0 saturated carbocycles. The molecule has 0 saturated heterocycles. The van der Waals surface area contributed by atoms with Gasteiger partial charge in [0.05, 0.1) is 17.2 Å². The minimum Gasteiger partial charge on any atom is -0.492 e. The lowest BCUT2D eigenvalue weighted by molar-refractivity contribution is 0.102. The van der Waals surface area contributed by atoms with Gasteiger partial charge in [-0.25, -0.2) is 0 Å². The number of carbonyl (C=O) groups is 1. The highest BCUT2D eigenvalue weighted by Gasteiger charge is 2.23. The van der Waals surface area contributed by atoms with E-state index in [0.717, 1.165) is 28.2 Å². The molecule has 3 rings (SSSR count). The van der Waals surface area contributed by atoms with Crippen LogP contribution in [0.1, 0.15) is 34.6 Å². The van der Waals surface area contributed by atoms with Crippen LogP contribution in [0.4, 0.5) is 5.69 Å². The molecule has 0 radical (unpaired) electrons. The van der Waals surface area contributed by atoms with Crippen LogP contribution in [0, 0.1) is 6.92 Å². The summed E-state index contributed by atoms with van der Waals surface area (Å²) in [6.07, 6.45) is 1.03. The summed E-state index contributed by atoms with van der Waals surface area (Å²) < 4.78 is 11.5. The summed E-state index contributed by atoms with van der Waals surface area (Å²) in [5, 5.41) is 4.87. The second-order valence-corrected chi connectivity index (χ2v) is 6.32. The van der Waals surface area contributed by atoms with Gasteiger partial charge in [-0.05, 0) is 43.8 Å². The molecule has 0 unspecified atom stereocenters. The van der Waals surface area contributed by atoms with E-state index in [-0.39, 0.29) is 12.0 Å². The molecule has 1 aromatic carbocycles. The second-order valence-electron chi connectivity index (χ2n) is 5.41. The maximum atomic E-state index is 12.4. The number of aryl methyl sites for hydroxylation is 1. The van der Waals surface area contributed by atoms with Crippen molar-refractivity contribution in [1.29, 1.82) is 0 Å². The van der Waals surface area contributed by atoms with Crippen LogP contribution in [0.5, 0.6) is 11.5 Å².